The zero-order valence-electron chi connectivity index (χ0n) is 22.2. The molecule has 2 unspecified atom stereocenters. The van der Waals surface area contributed by atoms with Crippen molar-refractivity contribution < 1.29 is 33.4 Å². The fourth-order valence-electron chi connectivity index (χ4n) is 4.41. The third kappa shape index (κ3) is 6.73. The summed E-state index contributed by atoms with van der Waals surface area (Å²) in [6, 6.07) is 19.0. The van der Waals surface area contributed by atoms with E-state index in [-0.39, 0.29) is 29.8 Å². The van der Waals surface area contributed by atoms with E-state index in [4.69, 9.17) is 9.47 Å². The van der Waals surface area contributed by atoms with Crippen molar-refractivity contribution in [2.24, 2.45) is 0 Å². The molecule has 0 aromatic heterocycles. The van der Waals surface area contributed by atoms with Gasteiger partial charge in [0.1, 0.15) is 28.8 Å². The molecule has 3 aromatic carbocycles. The summed E-state index contributed by atoms with van der Waals surface area (Å²) in [5, 5.41) is 12.1. The van der Waals surface area contributed by atoms with Gasteiger partial charge in [0.2, 0.25) is 5.91 Å². The number of amides is 2. The van der Waals surface area contributed by atoms with Crippen molar-refractivity contribution in [2.75, 3.05) is 4.90 Å². The van der Waals surface area contributed by atoms with Gasteiger partial charge in [0, 0.05) is 12.0 Å². The Morgan fingerprint density at radius 2 is 1.69 bits per heavy atom. The van der Waals surface area contributed by atoms with Crippen LogP contribution in [-0.2, 0) is 21.7 Å². The van der Waals surface area contributed by atoms with Crippen molar-refractivity contribution in [1.82, 2.24) is 5.32 Å². The molecule has 9 heteroatoms. The second kappa shape index (κ2) is 10.8. The van der Waals surface area contributed by atoms with E-state index in [1.54, 1.807) is 45.0 Å². The number of fused-ring (bicyclic) bond motifs is 1. The Balaban J connectivity index is 1.68. The molecule has 2 atom stereocenters. The number of rotatable bonds is 6. The van der Waals surface area contributed by atoms with E-state index >= 15 is 4.39 Å². The first-order valence-corrected chi connectivity index (χ1v) is 12.5. The Kier molecular flexibility index (Phi) is 7.63. The molecule has 1 heterocycles. The van der Waals surface area contributed by atoms with Crippen molar-refractivity contribution >= 4 is 23.7 Å². The summed E-state index contributed by atoms with van der Waals surface area (Å²) in [5.74, 6) is -0.542. The highest BCUT2D eigenvalue weighted by atomic mass is 19.1. The molecule has 1 aliphatic rings. The van der Waals surface area contributed by atoms with E-state index < -0.39 is 35.3 Å². The number of carbonyl (C=O) groups is 3. The predicted molar refractivity (Wildman–Crippen MR) is 144 cm³/mol. The number of benzene rings is 3. The van der Waals surface area contributed by atoms with Crippen molar-refractivity contribution in [3.8, 4) is 11.5 Å². The molecule has 0 spiro atoms. The smallest absolute Gasteiger partial charge is 0.408 e. The average molecular weight is 535 g/mol. The minimum absolute atomic E-state index is 0.00308. The number of carbonyl (C=O) groups excluding carboxylic acids is 2. The number of hydrogen-bond acceptors (Lipinski definition) is 5. The van der Waals surface area contributed by atoms with Gasteiger partial charge in [-0.1, -0.05) is 36.4 Å². The van der Waals surface area contributed by atoms with Gasteiger partial charge in [0.15, 0.2) is 0 Å². The fraction of sp³-hybridized carbons (Fsp3) is 0.300. The summed E-state index contributed by atoms with van der Waals surface area (Å²) in [4.78, 5) is 39.4. The quantitative estimate of drug-likeness (QED) is 0.391. The standard InChI is InChI=1S/C30H31FN2O6/c1-29(2,3)39-28(37)32-24-17-30(4,31)23-15-12-20(27(35)36)16-25(23)33(26(24)34)18-19-10-13-22(14-11-19)38-21-8-6-5-7-9-21/h5-16,24H,17-18H2,1-4H3,(H,32,37)(H,35,36). The summed E-state index contributed by atoms with van der Waals surface area (Å²) in [6.45, 7) is 6.36. The molecule has 1 aliphatic heterocycles. The highest BCUT2D eigenvalue weighted by Gasteiger charge is 2.43. The van der Waals surface area contributed by atoms with Crippen LogP contribution in [0.4, 0.5) is 14.9 Å². The predicted octanol–water partition coefficient (Wildman–Crippen LogP) is 6.19. The molecule has 0 bridgehead atoms. The minimum atomic E-state index is -2.05. The summed E-state index contributed by atoms with van der Waals surface area (Å²) >= 11 is 0. The van der Waals surface area contributed by atoms with Crippen LogP contribution in [0.1, 0.15) is 55.6 Å². The first kappa shape index (κ1) is 27.6. The minimum Gasteiger partial charge on any atom is -0.478 e. The molecular weight excluding hydrogens is 503 g/mol. The monoisotopic (exact) mass is 534 g/mol. The number of anilines is 1. The lowest BCUT2D eigenvalue weighted by molar-refractivity contribution is -0.121. The van der Waals surface area contributed by atoms with E-state index in [0.717, 1.165) is 0 Å². The number of para-hydroxylation sites is 1. The lowest BCUT2D eigenvalue weighted by Crippen LogP contribution is -2.50. The number of ether oxygens (including phenoxy) is 2. The average Bonchev–Trinajstić information content (AvgIpc) is 2.93. The van der Waals surface area contributed by atoms with Gasteiger partial charge < -0.3 is 24.8 Å². The lowest BCUT2D eigenvalue weighted by Gasteiger charge is -2.27. The van der Waals surface area contributed by atoms with E-state index in [1.165, 1.54) is 30.0 Å². The molecule has 4 rings (SSSR count). The highest BCUT2D eigenvalue weighted by Crippen LogP contribution is 2.42. The van der Waals surface area contributed by atoms with Gasteiger partial charge in [-0.2, -0.15) is 0 Å². The maximum Gasteiger partial charge on any atom is 0.408 e. The second-order valence-corrected chi connectivity index (χ2v) is 10.6. The van der Waals surface area contributed by atoms with Crippen LogP contribution in [0.25, 0.3) is 0 Å². The molecule has 3 aromatic rings. The first-order chi connectivity index (χ1) is 18.3. The number of nitrogens with one attached hydrogen (secondary N) is 1. The van der Waals surface area contributed by atoms with E-state index in [1.807, 2.05) is 30.3 Å². The molecule has 0 aliphatic carbocycles. The Morgan fingerprint density at radius 3 is 2.31 bits per heavy atom. The zero-order chi connectivity index (χ0) is 28.4. The van der Waals surface area contributed by atoms with Crippen LogP contribution >= 0.6 is 0 Å². The van der Waals surface area contributed by atoms with Gasteiger partial charge >= 0.3 is 12.1 Å². The van der Waals surface area contributed by atoms with Crippen molar-refractivity contribution in [2.45, 2.75) is 58.0 Å². The van der Waals surface area contributed by atoms with Crippen molar-refractivity contribution in [1.29, 1.82) is 0 Å². The zero-order valence-corrected chi connectivity index (χ0v) is 22.2. The van der Waals surface area contributed by atoms with E-state index in [0.29, 0.717) is 17.1 Å². The van der Waals surface area contributed by atoms with Gasteiger partial charge in [-0.15, -0.1) is 0 Å². The molecule has 0 radical (unpaired) electrons. The van der Waals surface area contributed by atoms with Crippen LogP contribution in [-0.4, -0.2) is 34.7 Å². The van der Waals surface area contributed by atoms with Crippen LogP contribution in [0.5, 0.6) is 11.5 Å². The summed E-state index contributed by atoms with van der Waals surface area (Å²) in [6.07, 6.45) is -1.21. The molecule has 2 amide bonds. The molecule has 2 N–H and O–H groups in total. The lowest BCUT2D eigenvalue weighted by atomic mass is 9.90. The number of nitrogens with zero attached hydrogens (tertiary/aromatic N) is 1. The van der Waals surface area contributed by atoms with Gasteiger partial charge in [0.25, 0.3) is 0 Å². The van der Waals surface area contributed by atoms with Crippen LogP contribution in [0.3, 0.4) is 0 Å². The Bertz CT molecular complexity index is 1370. The van der Waals surface area contributed by atoms with Crippen molar-refractivity contribution in [3.63, 3.8) is 0 Å². The maximum atomic E-state index is 16.1. The Labute approximate surface area is 226 Å². The number of hydrogen-bond donors (Lipinski definition) is 2. The highest BCUT2D eigenvalue weighted by molar-refractivity contribution is 6.01. The first-order valence-electron chi connectivity index (χ1n) is 12.5. The summed E-state index contributed by atoms with van der Waals surface area (Å²) in [5.41, 5.74) is -1.99. The largest absolute Gasteiger partial charge is 0.478 e. The number of carboxylic acids is 1. The normalized spacial score (nSPS) is 19.1. The van der Waals surface area contributed by atoms with E-state index in [2.05, 4.69) is 5.32 Å². The van der Waals surface area contributed by atoms with Crippen LogP contribution in [0, 0.1) is 0 Å². The van der Waals surface area contributed by atoms with E-state index in [9.17, 15) is 19.5 Å². The second-order valence-electron chi connectivity index (χ2n) is 10.6. The number of alkyl halides is 1. The molecule has 0 fully saturated rings. The number of carboxylic acid groups (broad SMARTS) is 1. The Hall–Kier alpha value is -4.40. The maximum absolute atomic E-state index is 16.1. The SMILES string of the molecule is CC(C)(C)OC(=O)NC1CC(C)(F)c2ccc(C(=O)O)cc2N(Cc2ccc(Oc3ccccc3)cc2)C1=O. The number of alkyl carbamates (subject to hydrolysis) is 1. The molecule has 8 nitrogen and oxygen atoms in total. The number of aromatic carboxylic acids is 1. The van der Waals surface area contributed by atoms with Gasteiger partial charge in [0.05, 0.1) is 17.8 Å². The molecule has 0 saturated carbocycles. The van der Waals surface area contributed by atoms with Crippen LogP contribution in [0.2, 0.25) is 0 Å². The third-order valence-electron chi connectivity index (χ3n) is 6.18. The third-order valence-corrected chi connectivity index (χ3v) is 6.18. The molecule has 0 saturated heterocycles. The van der Waals surface area contributed by atoms with Crippen molar-refractivity contribution in [3.05, 3.63) is 89.5 Å². The molecule has 204 valence electrons. The topological polar surface area (TPSA) is 105 Å². The summed E-state index contributed by atoms with van der Waals surface area (Å²) in [7, 11) is 0. The van der Waals surface area contributed by atoms with Crippen LogP contribution < -0.4 is 15.0 Å². The molecule has 39 heavy (non-hydrogen) atoms. The Morgan fingerprint density at radius 1 is 1.05 bits per heavy atom. The fourth-order valence-corrected chi connectivity index (χ4v) is 4.41. The number of halogens is 1. The van der Waals surface area contributed by atoms with Gasteiger partial charge in [-0.3, -0.25) is 4.79 Å². The summed E-state index contributed by atoms with van der Waals surface area (Å²) < 4.78 is 27.2. The van der Waals surface area contributed by atoms with Gasteiger partial charge in [-0.25, -0.2) is 14.0 Å². The van der Waals surface area contributed by atoms with Crippen LogP contribution in [0.15, 0.2) is 72.8 Å². The van der Waals surface area contributed by atoms with Gasteiger partial charge in [-0.05, 0) is 69.7 Å². The molecular formula is C30H31FN2O6.